The predicted molar refractivity (Wildman–Crippen MR) is 109 cm³/mol. The highest BCUT2D eigenvalue weighted by Crippen LogP contribution is 2.22. The first-order chi connectivity index (χ1) is 13.6. The van der Waals surface area contributed by atoms with Crippen LogP contribution in [0.1, 0.15) is 11.7 Å². The van der Waals surface area contributed by atoms with Crippen LogP contribution >= 0.6 is 0 Å². The van der Waals surface area contributed by atoms with E-state index in [1.165, 1.54) is 5.69 Å². The van der Waals surface area contributed by atoms with Crippen molar-refractivity contribution in [3.63, 3.8) is 0 Å². The minimum Gasteiger partial charge on any atom is -0.497 e. The number of rotatable bonds is 8. The molecule has 28 heavy (non-hydrogen) atoms. The maximum atomic E-state index is 12.4. The number of piperazine rings is 1. The summed E-state index contributed by atoms with van der Waals surface area (Å²) >= 11 is 0. The van der Waals surface area contributed by atoms with Gasteiger partial charge in [-0.25, -0.2) is 0 Å². The number of hydrogen-bond acceptors (Lipinski definition) is 5. The zero-order chi connectivity index (χ0) is 19.9. The number of nitrogens with zero attached hydrogens (tertiary/aromatic N) is 3. The van der Waals surface area contributed by atoms with Gasteiger partial charge in [-0.3, -0.25) is 9.69 Å². The number of hydrogen-bond donors (Lipinski definition) is 1. The average molecular weight is 386 g/mol. The maximum absolute atomic E-state index is 12.4. The summed E-state index contributed by atoms with van der Waals surface area (Å²) in [7, 11) is 5.80. The predicted octanol–water partition coefficient (Wildman–Crippen LogP) is 1.52. The molecule has 1 fully saturated rings. The van der Waals surface area contributed by atoms with Crippen molar-refractivity contribution in [2.45, 2.75) is 6.04 Å². The summed E-state index contributed by atoms with van der Waals surface area (Å²) in [6, 6.07) is 11.6. The van der Waals surface area contributed by atoms with Gasteiger partial charge in [0.2, 0.25) is 0 Å². The molecule has 1 amide bonds. The number of benzene rings is 1. The monoisotopic (exact) mass is 386 g/mol. The van der Waals surface area contributed by atoms with Gasteiger partial charge in [-0.2, -0.15) is 0 Å². The number of aromatic nitrogens is 1. The van der Waals surface area contributed by atoms with Gasteiger partial charge < -0.3 is 24.3 Å². The van der Waals surface area contributed by atoms with Crippen LogP contribution in [0.4, 0.5) is 0 Å². The van der Waals surface area contributed by atoms with Crippen LogP contribution in [0.25, 0.3) is 0 Å². The van der Waals surface area contributed by atoms with Crippen LogP contribution in [-0.4, -0.2) is 73.8 Å². The number of carbonyl (C=O) groups is 1. The largest absolute Gasteiger partial charge is 0.497 e. The zero-order valence-electron chi connectivity index (χ0n) is 16.9. The highest BCUT2D eigenvalue weighted by molar-refractivity contribution is 5.77. The van der Waals surface area contributed by atoms with E-state index in [0.717, 1.165) is 26.2 Å². The molecule has 1 saturated heterocycles. The van der Waals surface area contributed by atoms with Crippen molar-refractivity contribution in [1.29, 1.82) is 0 Å². The van der Waals surface area contributed by atoms with E-state index in [1.807, 2.05) is 37.5 Å². The molecule has 0 bridgehead atoms. The van der Waals surface area contributed by atoms with Crippen LogP contribution in [0, 0.1) is 0 Å². The molecule has 2 heterocycles. The summed E-state index contributed by atoms with van der Waals surface area (Å²) in [6.07, 6.45) is 2.05. The third kappa shape index (κ3) is 5.27. The van der Waals surface area contributed by atoms with E-state index >= 15 is 0 Å². The van der Waals surface area contributed by atoms with E-state index in [2.05, 4.69) is 32.8 Å². The lowest BCUT2D eigenvalue weighted by molar-refractivity contribution is -0.123. The molecular formula is C21H30N4O3. The molecular weight excluding hydrogens is 356 g/mol. The highest BCUT2D eigenvalue weighted by atomic mass is 16.5. The lowest BCUT2D eigenvalue weighted by Crippen LogP contribution is -2.49. The summed E-state index contributed by atoms with van der Waals surface area (Å²) in [5.41, 5.74) is 1.21. The van der Waals surface area contributed by atoms with Gasteiger partial charge in [0.15, 0.2) is 6.61 Å². The minimum atomic E-state index is -0.129. The van der Waals surface area contributed by atoms with E-state index in [-0.39, 0.29) is 18.6 Å². The van der Waals surface area contributed by atoms with Gasteiger partial charge in [0.05, 0.1) is 13.2 Å². The number of carbonyl (C=O) groups excluding carboxylic acids is 1. The Morgan fingerprint density at radius 2 is 1.86 bits per heavy atom. The van der Waals surface area contributed by atoms with Crippen molar-refractivity contribution in [3.05, 3.63) is 48.3 Å². The molecule has 1 aliphatic rings. The number of nitrogens with one attached hydrogen (secondary N) is 1. The smallest absolute Gasteiger partial charge is 0.258 e. The van der Waals surface area contributed by atoms with Gasteiger partial charge in [0, 0.05) is 57.7 Å². The molecule has 0 spiro atoms. The molecule has 2 aromatic rings. The highest BCUT2D eigenvalue weighted by Gasteiger charge is 2.25. The number of amides is 1. The third-order valence-corrected chi connectivity index (χ3v) is 5.21. The number of likely N-dealkylation sites (N-methyl/N-ethyl adjacent to an activating group) is 1. The van der Waals surface area contributed by atoms with Crippen LogP contribution in [0.15, 0.2) is 42.6 Å². The molecule has 0 radical (unpaired) electrons. The summed E-state index contributed by atoms with van der Waals surface area (Å²) in [6.45, 7) is 4.59. The first-order valence-electron chi connectivity index (χ1n) is 9.64. The van der Waals surface area contributed by atoms with Crippen LogP contribution in [0.2, 0.25) is 0 Å². The molecule has 0 saturated carbocycles. The normalized spacial score (nSPS) is 16.5. The lowest BCUT2D eigenvalue weighted by atomic mass is 10.1. The Morgan fingerprint density at radius 3 is 2.54 bits per heavy atom. The molecule has 3 rings (SSSR count). The Hall–Kier alpha value is -2.51. The quantitative estimate of drug-likeness (QED) is 0.745. The fourth-order valence-electron chi connectivity index (χ4n) is 3.48. The molecule has 1 unspecified atom stereocenters. The van der Waals surface area contributed by atoms with E-state index in [0.29, 0.717) is 18.0 Å². The number of ether oxygens (including phenoxy) is 2. The van der Waals surface area contributed by atoms with Gasteiger partial charge in [0.25, 0.3) is 5.91 Å². The Kier molecular flexibility index (Phi) is 6.95. The molecule has 1 aliphatic heterocycles. The SMILES string of the molecule is COc1cccc(OCC(=O)NCC(c2cccn2C)N2CCN(C)CC2)c1. The van der Waals surface area contributed by atoms with Crippen LogP contribution in [-0.2, 0) is 11.8 Å². The van der Waals surface area contributed by atoms with E-state index in [4.69, 9.17) is 9.47 Å². The molecule has 152 valence electrons. The van der Waals surface area contributed by atoms with Crippen molar-refractivity contribution in [1.82, 2.24) is 19.7 Å². The van der Waals surface area contributed by atoms with Crippen molar-refractivity contribution < 1.29 is 14.3 Å². The van der Waals surface area contributed by atoms with Gasteiger partial charge >= 0.3 is 0 Å². The number of aryl methyl sites for hydroxylation is 1. The van der Waals surface area contributed by atoms with Crippen molar-refractivity contribution in [2.24, 2.45) is 7.05 Å². The number of methoxy groups -OCH3 is 1. The van der Waals surface area contributed by atoms with Crippen molar-refractivity contribution in [2.75, 3.05) is 53.5 Å². The minimum absolute atomic E-state index is 0.0181. The Balaban J connectivity index is 1.56. The van der Waals surface area contributed by atoms with E-state index in [9.17, 15) is 4.79 Å². The first kappa shape index (κ1) is 20.2. The average Bonchev–Trinajstić information content (AvgIpc) is 3.13. The molecule has 1 atom stereocenters. The third-order valence-electron chi connectivity index (χ3n) is 5.21. The standard InChI is InChI=1S/C21H30N4O3/c1-23-10-12-25(13-11-23)20(19-8-5-9-24(19)2)15-22-21(26)16-28-18-7-4-6-17(14-18)27-3/h4-9,14,20H,10-13,15-16H2,1-3H3,(H,22,26). The van der Waals surface area contributed by atoms with Gasteiger partial charge in [-0.05, 0) is 31.3 Å². The van der Waals surface area contributed by atoms with Crippen molar-refractivity contribution in [3.8, 4) is 11.5 Å². The van der Waals surface area contributed by atoms with Gasteiger partial charge in [-0.1, -0.05) is 6.07 Å². The van der Waals surface area contributed by atoms with Crippen LogP contribution < -0.4 is 14.8 Å². The van der Waals surface area contributed by atoms with Crippen molar-refractivity contribution >= 4 is 5.91 Å². The summed E-state index contributed by atoms with van der Waals surface area (Å²) in [5, 5.41) is 3.04. The zero-order valence-corrected chi connectivity index (χ0v) is 16.9. The lowest BCUT2D eigenvalue weighted by Gasteiger charge is -2.38. The molecule has 0 aliphatic carbocycles. The van der Waals surface area contributed by atoms with E-state index in [1.54, 1.807) is 13.2 Å². The maximum Gasteiger partial charge on any atom is 0.258 e. The fourth-order valence-corrected chi connectivity index (χ4v) is 3.48. The Bertz CT molecular complexity index is 769. The first-order valence-corrected chi connectivity index (χ1v) is 9.64. The Labute approximate surface area is 166 Å². The fraction of sp³-hybridized carbons (Fsp3) is 0.476. The molecule has 1 aromatic heterocycles. The molecule has 1 aromatic carbocycles. The summed E-state index contributed by atoms with van der Waals surface area (Å²) in [4.78, 5) is 17.1. The molecule has 7 heteroatoms. The molecule has 1 N–H and O–H groups in total. The summed E-state index contributed by atoms with van der Waals surface area (Å²) < 4.78 is 12.9. The Morgan fingerprint density at radius 1 is 1.11 bits per heavy atom. The van der Waals surface area contributed by atoms with Gasteiger partial charge in [-0.15, -0.1) is 0 Å². The summed E-state index contributed by atoms with van der Waals surface area (Å²) in [5.74, 6) is 1.19. The second kappa shape index (κ2) is 9.61. The van der Waals surface area contributed by atoms with Crippen LogP contribution in [0.3, 0.4) is 0 Å². The second-order valence-corrected chi connectivity index (χ2v) is 7.17. The van der Waals surface area contributed by atoms with Gasteiger partial charge in [0.1, 0.15) is 11.5 Å². The van der Waals surface area contributed by atoms with E-state index < -0.39 is 0 Å². The molecule has 7 nitrogen and oxygen atoms in total. The van der Waals surface area contributed by atoms with Crippen LogP contribution in [0.5, 0.6) is 11.5 Å². The second-order valence-electron chi connectivity index (χ2n) is 7.17. The topological polar surface area (TPSA) is 59.0 Å².